The van der Waals surface area contributed by atoms with E-state index in [2.05, 4.69) is 34.3 Å². The van der Waals surface area contributed by atoms with Gasteiger partial charge in [0.1, 0.15) is 12.4 Å². The SMILES string of the molecule is CCN(CC)c1ccc(/C=N\NC(=O)c2cccnc2)c(OCc2ccc(Cl)cc2Cl)c1. The van der Waals surface area contributed by atoms with Crippen molar-refractivity contribution < 1.29 is 9.53 Å². The van der Waals surface area contributed by atoms with Gasteiger partial charge in [-0.05, 0) is 50.2 Å². The van der Waals surface area contributed by atoms with Crippen LogP contribution in [0.3, 0.4) is 0 Å². The van der Waals surface area contributed by atoms with Gasteiger partial charge in [0.2, 0.25) is 0 Å². The Morgan fingerprint density at radius 3 is 2.66 bits per heavy atom. The molecule has 8 heteroatoms. The molecule has 1 amide bonds. The molecule has 0 saturated heterocycles. The fourth-order valence-electron chi connectivity index (χ4n) is 3.06. The van der Waals surface area contributed by atoms with Crippen molar-refractivity contribution >= 4 is 41.0 Å². The molecule has 0 saturated carbocycles. The highest BCUT2D eigenvalue weighted by Gasteiger charge is 2.10. The number of hydrogen-bond donors (Lipinski definition) is 1. The van der Waals surface area contributed by atoms with Gasteiger partial charge in [-0.3, -0.25) is 9.78 Å². The van der Waals surface area contributed by atoms with Gasteiger partial charge in [-0.1, -0.05) is 29.3 Å². The third-order valence-electron chi connectivity index (χ3n) is 4.82. The molecule has 0 aliphatic carbocycles. The number of benzene rings is 2. The minimum atomic E-state index is -0.343. The second kappa shape index (κ2) is 11.5. The van der Waals surface area contributed by atoms with E-state index in [0.29, 0.717) is 21.4 Å². The molecular weight excluding hydrogens is 447 g/mol. The third kappa shape index (κ3) is 6.22. The molecule has 32 heavy (non-hydrogen) atoms. The highest BCUT2D eigenvalue weighted by Crippen LogP contribution is 2.27. The number of rotatable bonds is 9. The topological polar surface area (TPSA) is 66.8 Å². The quantitative estimate of drug-likeness (QED) is 0.327. The maximum atomic E-state index is 12.2. The lowest BCUT2D eigenvalue weighted by atomic mass is 10.1. The number of carbonyl (C=O) groups excluding carboxylic acids is 1. The first-order valence-corrected chi connectivity index (χ1v) is 11.0. The van der Waals surface area contributed by atoms with Crippen LogP contribution in [0.4, 0.5) is 5.69 Å². The summed E-state index contributed by atoms with van der Waals surface area (Å²) in [6.45, 7) is 6.20. The second-order valence-corrected chi connectivity index (χ2v) is 7.70. The largest absolute Gasteiger partial charge is 0.488 e. The molecule has 6 nitrogen and oxygen atoms in total. The first kappa shape index (κ1) is 23.6. The molecule has 1 aromatic heterocycles. The van der Waals surface area contributed by atoms with Gasteiger partial charge < -0.3 is 9.64 Å². The van der Waals surface area contributed by atoms with E-state index < -0.39 is 0 Å². The first-order valence-electron chi connectivity index (χ1n) is 10.2. The number of hydrazone groups is 1. The number of aromatic nitrogens is 1. The lowest BCUT2D eigenvalue weighted by Gasteiger charge is -2.22. The number of nitrogens with zero attached hydrogens (tertiary/aromatic N) is 3. The summed E-state index contributed by atoms with van der Waals surface area (Å²) in [5.41, 5.74) is 5.51. The van der Waals surface area contributed by atoms with Crippen molar-refractivity contribution in [2.75, 3.05) is 18.0 Å². The summed E-state index contributed by atoms with van der Waals surface area (Å²) in [6, 6.07) is 14.5. The van der Waals surface area contributed by atoms with E-state index in [1.165, 1.54) is 6.20 Å². The number of hydrogen-bond acceptors (Lipinski definition) is 5. The molecule has 0 radical (unpaired) electrons. The number of amides is 1. The van der Waals surface area contributed by atoms with E-state index in [1.807, 2.05) is 24.3 Å². The molecule has 0 unspecified atom stereocenters. The van der Waals surface area contributed by atoms with Crippen molar-refractivity contribution in [3.8, 4) is 5.75 Å². The van der Waals surface area contributed by atoms with Gasteiger partial charge >= 0.3 is 0 Å². The number of carbonyl (C=O) groups is 1. The lowest BCUT2D eigenvalue weighted by Crippen LogP contribution is -2.21. The molecule has 0 aliphatic rings. The van der Waals surface area contributed by atoms with Gasteiger partial charge in [0.25, 0.3) is 5.91 Å². The third-order valence-corrected chi connectivity index (χ3v) is 5.40. The average Bonchev–Trinajstić information content (AvgIpc) is 2.81. The van der Waals surface area contributed by atoms with E-state index in [-0.39, 0.29) is 12.5 Å². The molecule has 1 heterocycles. The molecule has 1 N–H and O–H groups in total. The van der Waals surface area contributed by atoms with Crippen molar-refractivity contribution in [3.05, 3.63) is 87.7 Å². The number of ether oxygens (including phenoxy) is 1. The minimum Gasteiger partial charge on any atom is -0.488 e. The highest BCUT2D eigenvalue weighted by atomic mass is 35.5. The van der Waals surface area contributed by atoms with Crippen LogP contribution in [-0.4, -0.2) is 30.2 Å². The van der Waals surface area contributed by atoms with Crippen LogP contribution < -0.4 is 15.1 Å². The Morgan fingerprint density at radius 1 is 1.16 bits per heavy atom. The maximum Gasteiger partial charge on any atom is 0.272 e. The van der Waals surface area contributed by atoms with E-state index in [0.717, 1.165) is 29.9 Å². The van der Waals surface area contributed by atoms with Crippen LogP contribution in [-0.2, 0) is 6.61 Å². The van der Waals surface area contributed by atoms with Gasteiger partial charge in [0.15, 0.2) is 0 Å². The summed E-state index contributed by atoms with van der Waals surface area (Å²) >= 11 is 12.3. The Hall–Kier alpha value is -3.09. The van der Waals surface area contributed by atoms with Gasteiger partial charge in [-0.25, -0.2) is 5.43 Å². The average molecular weight is 471 g/mol. The van der Waals surface area contributed by atoms with Crippen LogP contribution in [0.25, 0.3) is 0 Å². The number of pyridine rings is 1. The van der Waals surface area contributed by atoms with Gasteiger partial charge in [0, 0.05) is 58.4 Å². The lowest BCUT2D eigenvalue weighted by molar-refractivity contribution is 0.0954. The molecule has 166 valence electrons. The molecule has 0 spiro atoms. The van der Waals surface area contributed by atoms with E-state index in [4.69, 9.17) is 27.9 Å². The smallest absolute Gasteiger partial charge is 0.272 e. The normalized spacial score (nSPS) is 10.9. The summed E-state index contributed by atoms with van der Waals surface area (Å²) in [7, 11) is 0. The molecule has 0 fully saturated rings. The van der Waals surface area contributed by atoms with Crippen LogP contribution in [0.5, 0.6) is 5.75 Å². The number of halogens is 2. The van der Waals surface area contributed by atoms with Crippen LogP contribution in [0.15, 0.2) is 66.0 Å². The van der Waals surface area contributed by atoms with Crippen molar-refractivity contribution in [1.29, 1.82) is 0 Å². The van der Waals surface area contributed by atoms with Crippen molar-refractivity contribution in [3.63, 3.8) is 0 Å². The molecule has 0 aliphatic heterocycles. The van der Waals surface area contributed by atoms with Crippen LogP contribution in [0, 0.1) is 0 Å². The molecular formula is C24H24Cl2N4O2. The Bertz CT molecular complexity index is 1090. The van der Waals surface area contributed by atoms with Crippen LogP contribution in [0.1, 0.15) is 35.3 Å². The Kier molecular flexibility index (Phi) is 8.48. The number of anilines is 1. The second-order valence-electron chi connectivity index (χ2n) is 6.86. The fraction of sp³-hybridized carbons (Fsp3) is 0.208. The van der Waals surface area contributed by atoms with Crippen molar-refractivity contribution in [2.45, 2.75) is 20.5 Å². The molecule has 0 atom stereocenters. The van der Waals surface area contributed by atoms with E-state index >= 15 is 0 Å². The molecule has 3 rings (SSSR count). The zero-order valence-electron chi connectivity index (χ0n) is 17.9. The molecule has 3 aromatic rings. The van der Waals surface area contributed by atoms with Crippen molar-refractivity contribution in [1.82, 2.24) is 10.4 Å². The van der Waals surface area contributed by atoms with Gasteiger partial charge in [-0.2, -0.15) is 5.10 Å². The van der Waals surface area contributed by atoms with E-state index in [9.17, 15) is 4.79 Å². The summed E-state index contributed by atoms with van der Waals surface area (Å²) in [5, 5.41) is 5.20. The zero-order chi connectivity index (χ0) is 22.9. The monoisotopic (exact) mass is 470 g/mol. The maximum absolute atomic E-state index is 12.2. The van der Waals surface area contributed by atoms with Crippen LogP contribution in [0.2, 0.25) is 10.0 Å². The Morgan fingerprint density at radius 2 is 1.97 bits per heavy atom. The van der Waals surface area contributed by atoms with Gasteiger partial charge in [0.05, 0.1) is 11.8 Å². The highest BCUT2D eigenvalue weighted by molar-refractivity contribution is 6.35. The predicted octanol–water partition coefficient (Wildman–Crippen LogP) is 5.58. The summed E-state index contributed by atoms with van der Waals surface area (Å²) < 4.78 is 6.10. The summed E-state index contributed by atoms with van der Waals surface area (Å²) in [4.78, 5) is 18.3. The number of nitrogens with one attached hydrogen (secondary N) is 1. The standard InChI is InChI=1S/C24H24Cl2N4O2/c1-3-30(4-2)21-10-8-17(15-28-29-24(31)18-6-5-11-27-14-18)23(13-21)32-16-19-7-9-20(25)12-22(19)26/h5-15H,3-4,16H2,1-2H3,(H,29,31)/b28-15-. The first-order chi connectivity index (χ1) is 15.5. The van der Waals surface area contributed by atoms with Crippen LogP contribution >= 0.6 is 23.2 Å². The van der Waals surface area contributed by atoms with Crippen molar-refractivity contribution in [2.24, 2.45) is 5.10 Å². The Labute approximate surface area is 197 Å². The van der Waals surface area contributed by atoms with Gasteiger partial charge in [-0.15, -0.1) is 0 Å². The molecule has 2 aromatic carbocycles. The summed E-state index contributed by atoms with van der Waals surface area (Å²) in [5.74, 6) is 0.282. The Balaban J connectivity index is 1.81. The zero-order valence-corrected chi connectivity index (χ0v) is 19.4. The van der Waals surface area contributed by atoms with E-state index in [1.54, 1.807) is 36.7 Å². The minimum absolute atomic E-state index is 0.264. The predicted molar refractivity (Wildman–Crippen MR) is 130 cm³/mol. The summed E-state index contributed by atoms with van der Waals surface area (Å²) in [6.07, 6.45) is 4.64. The fourth-order valence-corrected chi connectivity index (χ4v) is 3.52. The molecule has 0 bridgehead atoms.